The topological polar surface area (TPSA) is 63.4 Å². The van der Waals surface area contributed by atoms with E-state index >= 15 is 0 Å². The van der Waals surface area contributed by atoms with Crippen molar-refractivity contribution in [1.82, 2.24) is 4.31 Å². The third kappa shape index (κ3) is 3.46. The van der Waals surface area contributed by atoms with Crippen LogP contribution in [0.25, 0.3) is 0 Å². The van der Waals surface area contributed by atoms with Gasteiger partial charge in [0, 0.05) is 25.0 Å². The van der Waals surface area contributed by atoms with Crippen molar-refractivity contribution in [3.63, 3.8) is 0 Å². The Morgan fingerprint density at radius 1 is 1.04 bits per heavy atom. The van der Waals surface area contributed by atoms with E-state index in [2.05, 4.69) is 0 Å². The molecule has 2 N–H and O–H groups in total. The molecule has 2 aromatic carbocycles. The first-order valence-electron chi connectivity index (χ1n) is 7.78. The van der Waals surface area contributed by atoms with Gasteiger partial charge >= 0.3 is 6.18 Å². The maximum absolute atomic E-state index is 13.4. The summed E-state index contributed by atoms with van der Waals surface area (Å²) in [6.07, 6.45) is -4.98. The first-order chi connectivity index (χ1) is 12.1. The van der Waals surface area contributed by atoms with E-state index in [4.69, 9.17) is 5.73 Å². The van der Waals surface area contributed by atoms with Gasteiger partial charge < -0.3 is 5.73 Å². The Hall–Kier alpha value is -1.97. The van der Waals surface area contributed by atoms with Crippen molar-refractivity contribution in [3.05, 3.63) is 65.5 Å². The Bertz CT molecular complexity index is 901. The van der Waals surface area contributed by atoms with Crippen molar-refractivity contribution in [1.29, 1.82) is 0 Å². The van der Waals surface area contributed by atoms with Crippen LogP contribution in [-0.4, -0.2) is 31.9 Å². The largest absolute Gasteiger partial charge is 0.419 e. The lowest BCUT2D eigenvalue weighted by Crippen LogP contribution is -2.32. The molecule has 3 rings (SSSR count). The average molecular weight is 388 g/mol. The molecule has 0 aromatic heterocycles. The molecule has 0 radical (unpaired) electrons. The molecule has 140 valence electrons. The Balaban J connectivity index is 1.92. The summed E-state index contributed by atoms with van der Waals surface area (Å²) in [5, 5.41) is 0. The predicted octanol–water partition coefficient (Wildman–Crippen LogP) is 2.96. The Kier molecular flexibility index (Phi) is 4.80. The highest BCUT2D eigenvalue weighted by molar-refractivity contribution is 7.89. The molecule has 2 aromatic rings. The van der Waals surface area contributed by atoms with Gasteiger partial charge in [-0.25, -0.2) is 12.8 Å². The maximum atomic E-state index is 13.4. The molecule has 26 heavy (non-hydrogen) atoms. The molecule has 1 aliphatic heterocycles. The van der Waals surface area contributed by atoms with Gasteiger partial charge in [-0.15, -0.1) is 0 Å². The van der Waals surface area contributed by atoms with Crippen LogP contribution >= 0.6 is 0 Å². The number of hydrogen-bond donors (Lipinski definition) is 1. The van der Waals surface area contributed by atoms with E-state index in [1.54, 1.807) is 12.1 Å². The van der Waals surface area contributed by atoms with Gasteiger partial charge in [-0.3, -0.25) is 0 Å². The van der Waals surface area contributed by atoms with Crippen molar-refractivity contribution < 1.29 is 26.0 Å². The number of sulfonamides is 1. The number of hydrogen-bond acceptors (Lipinski definition) is 3. The zero-order valence-electron chi connectivity index (χ0n) is 13.4. The van der Waals surface area contributed by atoms with Crippen molar-refractivity contribution in [2.24, 2.45) is 5.73 Å². The summed E-state index contributed by atoms with van der Waals surface area (Å²) >= 11 is 0. The molecule has 2 atom stereocenters. The zero-order valence-corrected chi connectivity index (χ0v) is 14.3. The lowest BCUT2D eigenvalue weighted by Gasteiger charge is -2.18. The third-order valence-electron chi connectivity index (χ3n) is 4.44. The minimum atomic E-state index is -4.98. The Morgan fingerprint density at radius 3 is 2.31 bits per heavy atom. The Labute approximate surface area is 148 Å². The summed E-state index contributed by atoms with van der Waals surface area (Å²) in [5.41, 5.74) is 5.30. The van der Waals surface area contributed by atoms with E-state index in [9.17, 15) is 26.0 Å². The number of alkyl halides is 3. The van der Waals surface area contributed by atoms with Crippen LogP contribution in [0.4, 0.5) is 17.6 Å². The number of halogens is 4. The molecule has 1 heterocycles. The van der Waals surface area contributed by atoms with E-state index in [-0.39, 0.29) is 19.0 Å². The van der Waals surface area contributed by atoms with Crippen LogP contribution < -0.4 is 5.73 Å². The molecule has 4 nitrogen and oxygen atoms in total. The molecule has 0 saturated carbocycles. The van der Waals surface area contributed by atoms with Gasteiger partial charge in [0.2, 0.25) is 10.0 Å². The fourth-order valence-electron chi connectivity index (χ4n) is 3.07. The molecule has 0 amide bonds. The first-order valence-corrected chi connectivity index (χ1v) is 9.22. The summed E-state index contributed by atoms with van der Waals surface area (Å²) in [6.45, 7) is 0.0207. The second kappa shape index (κ2) is 6.64. The van der Waals surface area contributed by atoms with Crippen LogP contribution in [0.15, 0.2) is 53.4 Å². The molecule has 9 heteroatoms. The highest BCUT2D eigenvalue weighted by Gasteiger charge is 2.40. The summed E-state index contributed by atoms with van der Waals surface area (Å²) in [5.74, 6) is -1.79. The molecule has 0 bridgehead atoms. The fraction of sp³-hybridized carbons (Fsp3) is 0.294. The van der Waals surface area contributed by atoms with Gasteiger partial charge in [-0.1, -0.05) is 30.3 Å². The van der Waals surface area contributed by atoms with Crippen LogP contribution in [0.2, 0.25) is 0 Å². The predicted molar refractivity (Wildman–Crippen MR) is 87.3 cm³/mol. The highest BCUT2D eigenvalue weighted by atomic mass is 32.2. The minimum Gasteiger partial charge on any atom is -0.326 e. The summed E-state index contributed by atoms with van der Waals surface area (Å²) in [4.78, 5) is -0.605. The second-order valence-corrected chi connectivity index (χ2v) is 8.08. The summed E-state index contributed by atoms with van der Waals surface area (Å²) < 4.78 is 78.5. The van der Waals surface area contributed by atoms with E-state index in [1.807, 2.05) is 18.2 Å². The van der Waals surface area contributed by atoms with Crippen molar-refractivity contribution in [2.75, 3.05) is 13.1 Å². The van der Waals surface area contributed by atoms with Crippen molar-refractivity contribution in [3.8, 4) is 0 Å². The lowest BCUT2D eigenvalue weighted by molar-refractivity contribution is -0.140. The number of nitrogens with zero attached hydrogens (tertiary/aromatic N) is 1. The van der Waals surface area contributed by atoms with Crippen molar-refractivity contribution >= 4 is 10.0 Å². The van der Waals surface area contributed by atoms with Crippen LogP contribution in [0.3, 0.4) is 0 Å². The number of rotatable bonds is 3. The van der Waals surface area contributed by atoms with E-state index in [0.29, 0.717) is 12.1 Å². The monoisotopic (exact) mass is 388 g/mol. The molecular weight excluding hydrogens is 372 g/mol. The molecule has 0 aliphatic carbocycles. The molecular formula is C17H16F4N2O2S. The molecule has 1 saturated heterocycles. The maximum Gasteiger partial charge on any atom is 0.419 e. The molecule has 0 unspecified atom stereocenters. The van der Waals surface area contributed by atoms with Gasteiger partial charge in [0.25, 0.3) is 0 Å². The van der Waals surface area contributed by atoms with Gasteiger partial charge in [0.15, 0.2) is 0 Å². The van der Waals surface area contributed by atoms with Crippen LogP contribution in [-0.2, 0) is 16.2 Å². The average Bonchev–Trinajstić information content (AvgIpc) is 2.97. The first kappa shape index (κ1) is 18.8. The highest BCUT2D eigenvalue weighted by Crippen LogP contribution is 2.35. The van der Waals surface area contributed by atoms with Crippen LogP contribution in [0, 0.1) is 5.82 Å². The SMILES string of the molecule is N[C@@H]1CN(S(=O)(=O)c2ccc(F)c(C(F)(F)F)c2)C[C@H]1c1ccccc1. The van der Waals surface area contributed by atoms with Gasteiger partial charge in [-0.2, -0.15) is 17.5 Å². The van der Waals surface area contributed by atoms with Gasteiger partial charge in [0.1, 0.15) is 5.82 Å². The fourth-order valence-corrected chi connectivity index (χ4v) is 4.60. The normalized spacial score (nSPS) is 21.9. The standard InChI is InChI=1S/C17H16F4N2O2S/c18-15-7-6-12(8-14(15)17(19,20)21)26(24,25)23-9-13(16(22)10-23)11-4-2-1-3-5-11/h1-8,13,16H,9-10,22H2/t13-,16+/m0/s1. The quantitative estimate of drug-likeness (QED) is 0.823. The second-order valence-electron chi connectivity index (χ2n) is 6.14. The zero-order chi connectivity index (χ0) is 19.1. The molecule has 1 aliphatic rings. The Morgan fingerprint density at radius 2 is 1.69 bits per heavy atom. The number of nitrogens with two attached hydrogens (primary N) is 1. The smallest absolute Gasteiger partial charge is 0.326 e. The number of benzene rings is 2. The summed E-state index contributed by atoms with van der Waals surface area (Å²) in [7, 11) is -4.23. The van der Waals surface area contributed by atoms with Crippen LogP contribution in [0.5, 0.6) is 0 Å². The summed E-state index contributed by atoms with van der Waals surface area (Å²) in [6, 6.07) is 10.2. The minimum absolute atomic E-state index is 0.0272. The molecule has 1 fully saturated rings. The van der Waals surface area contributed by atoms with Gasteiger partial charge in [-0.05, 0) is 23.8 Å². The lowest BCUT2D eigenvalue weighted by atomic mass is 9.95. The van der Waals surface area contributed by atoms with E-state index < -0.39 is 38.5 Å². The van der Waals surface area contributed by atoms with Gasteiger partial charge in [0.05, 0.1) is 10.5 Å². The van der Waals surface area contributed by atoms with E-state index in [0.717, 1.165) is 15.9 Å². The van der Waals surface area contributed by atoms with E-state index in [1.165, 1.54) is 0 Å². The third-order valence-corrected chi connectivity index (χ3v) is 6.27. The van der Waals surface area contributed by atoms with Crippen molar-refractivity contribution in [2.45, 2.75) is 23.0 Å². The molecule has 0 spiro atoms. The van der Waals surface area contributed by atoms with Crippen LogP contribution in [0.1, 0.15) is 17.0 Å².